The lowest BCUT2D eigenvalue weighted by molar-refractivity contribution is -0.116. The van der Waals surface area contributed by atoms with Crippen LogP contribution in [0.25, 0.3) is 5.57 Å². The van der Waals surface area contributed by atoms with Gasteiger partial charge in [-0.25, -0.2) is 4.39 Å². The Labute approximate surface area is 163 Å². The molecule has 3 rings (SSSR count). The summed E-state index contributed by atoms with van der Waals surface area (Å²) < 4.78 is 13.6. The first-order chi connectivity index (χ1) is 13.1. The molecule has 28 heavy (non-hydrogen) atoms. The predicted octanol–water partition coefficient (Wildman–Crippen LogP) is 3.16. The number of aromatic amines is 1. The molecule has 1 aliphatic rings. The number of fused-ring (bicyclic) bond motifs is 1. The van der Waals surface area contributed by atoms with E-state index in [4.69, 9.17) is 0 Å². The van der Waals surface area contributed by atoms with Crippen LogP contribution in [0.4, 0.5) is 4.39 Å². The topological polar surface area (TPSA) is 78.1 Å². The monoisotopic (exact) mass is 384 g/mol. The molecule has 7 heteroatoms. The summed E-state index contributed by atoms with van der Waals surface area (Å²) >= 11 is 0. The van der Waals surface area contributed by atoms with Crippen LogP contribution in [-0.2, 0) is 10.2 Å². The molecule has 1 aromatic heterocycles. The normalized spacial score (nSPS) is 15.7. The highest BCUT2D eigenvalue weighted by molar-refractivity contribution is 6.20. The van der Waals surface area contributed by atoms with Crippen molar-refractivity contribution >= 4 is 17.4 Å². The van der Waals surface area contributed by atoms with Gasteiger partial charge >= 0.3 is 0 Å². The smallest absolute Gasteiger partial charge is 0.257 e. The van der Waals surface area contributed by atoms with Crippen LogP contribution in [0, 0.1) is 12.7 Å². The van der Waals surface area contributed by atoms with E-state index >= 15 is 0 Å². The Morgan fingerprint density at radius 2 is 2.04 bits per heavy atom. The van der Waals surface area contributed by atoms with Crippen molar-refractivity contribution in [1.29, 1.82) is 0 Å². The van der Waals surface area contributed by atoms with Gasteiger partial charge in [0, 0.05) is 35.3 Å². The second-order valence-electron chi connectivity index (χ2n) is 8.11. The van der Waals surface area contributed by atoms with E-state index in [1.165, 1.54) is 23.1 Å². The van der Waals surface area contributed by atoms with Crippen molar-refractivity contribution < 1.29 is 14.0 Å². The van der Waals surface area contributed by atoms with Gasteiger partial charge in [0.1, 0.15) is 5.82 Å². The van der Waals surface area contributed by atoms with Crippen molar-refractivity contribution in [2.24, 2.45) is 0 Å². The van der Waals surface area contributed by atoms with Gasteiger partial charge in [0.15, 0.2) is 0 Å². The zero-order valence-electron chi connectivity index (χ0n) is 16.8. The maximum absolute atomic E-state index is 13.6. The summed E-state index contributed by atoms with van der Waals surface area (Å²) in [5, 5.41) is 9.89. The highest BCUT2D eigenvalue weighted by Crippen LogP contribution is 2.34. The van der Waals surface area contributed by atoms with Gasteiger partial charge < -0.3 is 10.2 Å². The first-order valence-electron chi connectivity index (χ1n) is 9.24. The molecule has 0 saturated heterocycles. The molecule has 0 radical (unpaired) electrons. The van der Waals surface area contributed by atoms with E-state index in [0.29, 0.717) is 28.9 Å². The molecule has 148 valence electrons. The molecule has 2 heterocycles. The van der Waals surface area contributed by atoms with Gasteiger partial charge in [-0.15, -0.1) is 0 Å². The van der Waals surface area contributed by atoms with Crippen LogP contribution in [0.3, 0.4) is 0 Å². The largest absolute Gasteiger partial charge is 0.350 e. The maximum Gasteiger partial charge on any atom is 0.257 e. The summed E-state index contributed by atoms with van der Waals surface area (Å²) in [7, 11) is 0. The zero-order chi connectivity index (χ0) is 20.6. The van der Waals surface area contributed by atoms with Crippen LogP contribution in [0.1, 0.15) is 54.9 Å². The number of aromatic nitrogens is 2. The quantitative estimate of drug-likeness (QED) is 0.853. The van der Waals surface area contributed by atoms with Gasteiger partial charge in [0.05, 0.1) is 17.5 Å². The van der Waals surface area contributed by atoms with Gasteiger partial charge in [0.2, 0.25) is 0 Å². The molecular weight excluding hydrogens is 359 g/mol. The van der Waals surface area contributed by atoms with Gasteiger partial charge in [-0.05, 0) is 44.5 Å². The van der Waals surface area contributed by atoms with Crippen LogP contribution >= 0.6 is 0 Å². The van der Waals surface area contributed by atoms with E-state index < -0.39 is 5.41 Å². The number of amides is 2. The molecule has 2 aromatic rings. The second-order valence-corrected chi connectivity index (χ2v) is 8.11. The van der Waals surface area contributed by atoms with Gasteiger partial charge in [0.25, 0.3) is 11.8 Å². The number of H-pyrrole nitrogens is 1. The number of aryl methyl sites for hydroxylation is 1. The summed E-state index contributed by atoms with van der Waals surface area (Å²) in [6.45, 7) is 9.71. The fraction of sp³-hybridized carbons (Fsp3) is 0.381. The number of benzene rings is 1. The Bertz CT molecular complexity index is 959. The number of halogens is 1. The van der Waals surface area contributed by atoms with E-state index in [-0.39, 0.29) is 23.7 Å². The van der Waals surface area contributed by atoms with Crippen LogP contribution in [0.15, 0.2) is 30.6 Å². The lowest BCUT2D eigenvalue weighted by Crippen LogP contribution is -2.37. The SMILES string of the molecule is Cc1cc(C(=O)N2C=C(C(=O)NC(C)C)c3[nH]ncc3C(C)(C)C2)ccc1F. The van der Waals surface area contributed by atoms with Crippen molar-refractivity contribution in [1.82, 2.24) is 20.4 Å². The second kappa shape index (κ2) is 7.22. The molecular formula is C21H25FN4O2. The number of carbonyl (C=O) groups excluding carboxylic acids is 2. The third-order valence-corrected chi connectivity index (χ3v) is 4.82. The van der Waals surface area contributed by atoms with Crippen molar-refractivity contribution in [3.05, 3.63) is 58.8 Å². The third-order valence-electron chi connectivity index (χ3n) is 4.82. The Kier molecular flexibility index (Phi) is 5.10. The number of hydrogen-bond donors (Lipinski definition) is 2. The Morgan fingerprint density at radius 3 is 2.68 bits per heavy atom. The van der Waals surface area contributed by atoms with Crippen molar-refractivity contribution in [2.75, 3.05) is 6.54 Å². The molecule has 0 spiro atoms. The minimum absolute atomic E-state index is 0.0556. The summed E-state index contributed by atoms with van der Waals surface area (Å²) in [6.07, 6.45) is 3.26. The first kappa shape index (κ1) is 19.8. The van der Waals surface area contributed by atoms with Crippen molar-refractivity contribution in [3.8, 4) is 0 Å². The Morgan fingerprint density at radius 1 is 1.32 bits per heavy atom. The molecule has 0 unspecified atom stereocenters. The molecule has 6 nitrogen and oxygen atoms in total. The average Bonchev–Trinajstić information content (AvgIpc) is 3.06. The Hall–Kier alpha value is -2.96. The number of carbonyl (C=O) groups is 2. The van der Waals surface area contributed by atoms with E-state index in [2.05, 4.69) is 15.5 Å². The van der Waals surface area contributed by atoms with Crippen LogP contribution in [0.2, 0.25) is 0 Å². The fourth-order valence-corrected chi connectivity index (χ4v) is 3.37. The molecule has 2 amide bonds. The van der Waals surface area contributed by atoms with E-state index in [0.717, 1.165) is 5.56 Å². The molecule has 0 bridgehead atoms. The van der Waals surface area contributed by atoms with Gasteiger partial charge in [-0.3, -0.25) is 14.7 Å². The maximum atomic E-state index is 13.6. The number of nitrogens with one attached hydrogen (secondary N) is 2. The summed E-state index contributed by atoms with van der Waals surface area (Å²) in [5.74, 6) is -0.934. The summed E-state index contributed by atoms with van der Waals surface area (Å²) in [5.41, 5.74) is 2.15. The van der Waals surface area contributed by atoms with Gasteiger partial charge in [-0.1, -0.05) is 13.8 Å². The molecule has 2 N–H and O–H groups in total. The molecule has 0 saturated carbocycles. The lowest BCUT2D eigenvalue weighted by Gasteiger charge is -2.28. The molecule has 0 fully saturated rings. The van der Waals surface area contributed by atoms with E-state index in [1.54, 1.807) is 19.3 Å². The lowest BCUT2D eigenvalue weighted by atomic mass is 9.84. The predicted molar refractivity (Wildman–Crippen MR) is 105 cm³/mol. The fourth-order valence-electron chi connectivity index (χ4n) is 3.37. The van der Waals surface area contributed by atoms with Crippen molar-refractivity contribution in [2.45, 2.75) is 46.1 Å². The van der Waals surface area contributed by atoms with Crippen LogP contribution in [-0.4, -0.2) is 39.5 Å². The third kappa shape index (κ3) is 3.69. The Balaban J connectivity index is 2.07. The van der Waals surface area contributed by atoms with E-state index in [9.17, 15) is 14.0 Å². The van der Waals surface area contributed by atoms with Crippen LogP contribution < -0.4 is 5.32 Å². The summed E-state index contributed by atoms with van der Waals surface area (Å²) in [6, 6.07) is 4.22. The average molecular weight is 384 g/mol. The van der Waals surface area contributed by atoms with Crippen LogP contribution in [0.5, 0.6) is 0 Å². The molecule has 0 aliphatic carbocycles. The minimum Gasteiger partial charge on any atom is -0.350 e. The highest BCUT2D eigenvalue weighted by Gasteiger charge is 2.35. The number of nitrogens with zero attached hydrogens (tertiary/aromatic N) is 2. The van der Waals surface area contributed by atoms with E-state index in [1.807, 2.05) is 27.7 Å². The number of hydrogen-bond acceptors (Lipinski definition) is 3. The van der Waals surface area contributed by atoms with Crippen molar-refractivity contribution in [3.63, 3.8) is 0 Å². The zero-order valence-corrected chi connectivity index (χ0v) is 16.8. The molecule has 1 aliphatic heterocycles. The first-order valence-corrected chi connectivity index (χ1v) is 9.24. The van der Waals surface area contributed by atoms with Gasteiger partial charge in [-0.2, -0.15) is 5.10 Å². The highest BCUT2D eigenvalue weighted by atomic mass is 19.1. The standard InChI is InChI=1S/C21H25FN4O2/c1-12(2)24-19(27)15-10-26(11-21(4,5)16-9-23-25-18(15)16)20(28)14-6-7-17(22)13(3)8-14/h6-10,12H,11H2,1-5H3,(H,23,25)(H,24,27). The minimum atomic E-state index is -0.441. The summed E-state index contributed by atoms with van der Waals surface area (Å²) in [4.78, 5) is 27.5. The number of rotatable bonds is 3. The molecule has 1 aromatic carbocycles. The molecule has 0 atom stereocenters.